The Labute approximate surface area is 195 Å². The second kappa shape index (κ2) is 8.73. The maximum absolute atomic E-state index is 12.4. The summed E-state index contributed by atoms with van der Waals surface area (Å²) in [6.45, 7) is 6.29. The number of ketones is 1. The van der Waals surface area contributed by atoms with Gasteiger partial charge < -0.3 is 18.9 Å². The molecule has 4 rings (SSSR count). The number of hydrogen-bond donors (Lipinski definition) is 0. The van der Waals surface area contributed by atoms with Crippen molar-refractivity contribution in [2.45, 2.75) is 58.5 Å². The lowest BCUT2D eigenvalue weighted by Crippen LogP contribution is -2.29. The van der Waals surface area contributed by atoms with Crippen LogP contribution in [0.5, 0.6) is 17.2 Å². The van der Waals surface area contributed by atoms with Crippen LogP contribution in [-0.4, -0.2) is 38.2 Å². The molecule has 0 radical (unpaired) electrons. The fraction of sp³-hybridized carbons (Fsp3) is 0.481. The Kier molecular flexibility index (Phi) is 6.12. The van der Waals surface area contributed by atoms with Crippen LogP contribution in [0.1, 0.15) is 62.4 Å². The minimum Gasteiger partial charge on any atom is -0.493 e. The van der Waals surface area contributed by atoms with Crippen molar-refractivity contribution in [3.05, 3.63) is 41.5 Å². The molecule has 6 heteroatoms. The summed E-state index contributed by atoms with van der Waals surface area (Å²) in [6.07, 6.45) is 3.20. The minimum atomic E-state index is -0.599. The number of benzene rings is 2. The van der Waals surface area contributed by atoms with Crippen molar-refractivity contribution in [1.82, 2.24) is 0 Å². The van der Waals surface area contributed by atoms with Gasteiger partial charge >= 0.3 is 5.97 Å². The third-order valence-electron chi connectivity index (χ3n) is 6.13. The molecule has 0 aliphatic heterocycles. The predicted molar refractivity (Wildman–Crippen MR) is 125 cm³/mol. The second-order valence-corrected chi connectivity index (χ2v) is 10.2. The first-order valence-electron chi connectivity index (χ1n) is 11.4. The summed E-state index contributed by atoms with van der Waals surface area (Å²) in [5.74, 6) is 1.57. The van der Waals surface area contributed by atoms with Gasteiger partial charge in [-0.05, 0) is 47.9 Å². The Hall–Kier alpha value is -3.02. The Bertz CT molecular complexity index is 1070. The molecule has 0 bridgehead atoms. The van der Waals surface area contributed by atoms with Crippen molar-refractivity contribution < 1.29 is 28.5 Å². The smallest absolute Gasteiger partial charge is 0.306 e. The van der Waals surface area contributed by atoms with Crippen LogP contribution in [-0.2, 0) is 16.0 Å². The van der Waals surface area contributed by atoms with E-state index in [2.05, 4.69) is 0 Å². The van der Waals surface area contributed by atoms with E-state index in [9.17, 15) is 9.59 Å². The van der Waals surface area contributed by atoms with Crippen molar-refractivity contribution in [2.75, 3.05) is 20.8 Å². The Morgan fingerprint density at radius 1 is 0.970 bits per heavy atom. The van der Waals surface area contributed by atoms with Crippen LogP contribution < -0.4 is 14.2 Å². The van der Waals surface area contributed by atoms with Crippen molar-refractivity contribution in [3.63, 3.8) is 0 Å². The Balaban J connectivity index is 1.62. The van der Waals surface area contributed by atoms with Gasteiger partial charge in [0.25, 0.3) is 0 Å². The molecular formula is C27H32O6. The lowest BCUT2D eigenvalue weighted by atomic mass is 9.92. The maximum atomic E-state index is 12.4. The van der Waals surface area contributed by atoms with Crippen molar-refractivity contribution in [2.24, 2.45) is 5.41 Å². The van der Waals surface area contributed by atoms with Crippen LogP contribution >= 0.6 is 0 Å². The number of fused-ring (bicyclic) bond motifs is 1. The number of carbonyl (C=O) groups is 2. The third kappa shape index (κ3) is 5.00. The third-order valence-corrected chi connectivity index (χ3v) is 6.13. The van der Waals surface area contributed by atoms with Crippen LogP contribution in [0.25, 0.3) is 11.1 Å². The highest BCUT2D eigenvalue weighted by Gasteiger charge is 2.48. The monoisotopic (exact) mass is 452 g/mol. The van der Waals surface area contributed by atoms with Gasteiger partial charge in [0.05, 0.1) is 20.6 Å². The molecule has 1 saturated carbocycles. The van der Waals surface area contributed by atoms with Gasteiger partial charge in [-0.2, -0.15) is 0 Å². The molecular weight excluding hydrogens is 420 g/mol. The number of carbonyl (C=O) groups excluding carboxylic acids is 2. The number of aryl methyl sites for hydroxylation is 1. The summed E-state index contributed by atoms with van der Waals surface area (Å²) in [7, 11) is 3.16. The van der Waals surface area contributed by atoms with E-state index in [0.717, 1.165) is 41.5 Å². The largest absolute Gasteiger partial charge is 0.493 e. The fourth-order valence-electron chi connectivity index (χ4n) is 4.22. The predicted octanol–water partition coefficient (Wildman–Crippen LogP) is 5.39. The molecule has 0 aromatic heterocycles. The SMILES string of the molecule is COc1ccc(-c2ccc3c(c2)CCC3=O)c(OCC2(OC(=O)CC(C)(C)C)CC2)c1OC. The fourth-order valence-corrected chi connectivity index (χ4v) is 4.22. The van der Waals surface area contributed by atoms with Crippen LogP contribution in [0.3, 0.4) is 0 Å². The summed E-state index contributed by atoms with van der Waals surface area (Å²) in [6, 6.07) is 9.64. The van der Waals surface area contributed by atoms with Gasteiger partial charge in [0.1, 0.15) is 12.2 Å². The zero-order chi connectivity index (χ0) is 23.8. The average Bonchev–Trinajstić information content (AvgIpc) is 3.42. The van der Waals surface area contributed by atoms with Gasteiger partial charge in [0, 0.05) is 17.5 Å². The molecule has 0 atom stereocenters. The molecule has 2 aromatic carbocycles. The molecule has 2 aromatic rings. The minimum absolute atomic E-state index is 0.133. The first-order chi connectivity index (χ1) is 15.6. The van der Waals surface area contributed by atoms with E-state index in [1.54, 1.807) is 14.2 Å². The molecule has 176 valence electrons. The Morgan fingerprint density at radius 3 is 2.33 bits per heavy atom. The molecule has 0 amide bonds. The van der Waals surface area contributed by atoms with Crippen molar-refractivity contribution >= 4 is 11.8 Å². The number of hydrogen-bond acceptors (Lipinski definition) is 6. The molecule has 0 unspecified atom stereocenters. The lowest BCUT2D eigenvalue weighted by molar-refractivity contribution is -0.155. The topological polar surface area (TPSA) is 71.1 Å². The molecule has 6 nitrogen and oxygen atoms in total. The molecule has 2 aliphatic carbocycles. The normalized spacial score (nSPS) is 16.2. The maximum Gasteiger partial charge on any atom is 0.306 e. The van der Waals surface area contributed by atoms with Gasteiger partial charge in [-0.1, -0.05) is 39.0 Å². The van der Waals surface area contributed by atoms with Gasteiger partial charge in [0.2, 0.25) is 5.75 Å². The number of rotatable bonds is 8. The van der Waals surface area contributed by atoms with Gasteiger partial charge in [-0.3, -0.25) is 9.59 Å². The summed E-state index contributed by atoms with van der Waals surface area (Å²) >= 11 is 0. The van der Waals surface area contributed by atoms with Crippen LogP contribution in [0, 0.1) is 5.41 Å². The van der Waals surface area contributed by atoms with Crippen molar-refractivity contribution in [3.8, 4) is 28.4 Å². The first-order valence-corrected chi connectivity index (χ1v) is 11.4. The molecule has 2 aliphatic rings. The highest BCUT2D eigenvalue weighted by Crippen LogP contribution is 2.47. The molecule has 0 N–H and O–H groups in total. The van der Waals surface area contributed by atoms with Gasteiger partial charge in [-0.15, -0.1) is 0 Å². The van der Waals surface area contributed by atoms with Crippen LogP contribution in [0.2, 0.25) is 0 Å². The number of Topliss-reactive ketones (excluding diaryl/α,β-unsaturated/α-hetero) is 1. The summed E-state index contributed by atoms with van der Waals surface area (Å²) in [4.78, 5) is 24.5. The van der Waals surface area contributed by atoms with E-state index >= 15 is 0 Å². The number of esters is 1. The lowest BCUT2D eigenvalue weighted by Gasteiger charge is -2.23. The van der Waals surface area contributed by atoms with E-state index in [-0.39, 0.29) is 23.8 Å². The second-order valence-electron chi connectivity index (χ2n) is 10.2. The Morgan fingerprint density at radius 2 is 1.70 bits per heavy atom. The first kappa shape index (κ1) is 23.1. The summed E-state index contributed by atoms with van der Waals surface area (Å²) in [5, 5.41) is 0. The molecule has 1 fully saturated rings. The van der Waals surface area contributed by atoms with E-state index in [1.165, 1.54) is 0 Å². The summed E-state index contributed by atoms with van der Waals surface area (Å²) < 4.78 is 23.3. The molecule has 33 heavy (non-hydrogen) atoms. The molecule has 0 spiro atoms. The van der Waals surface area contributed by atoms with E-state index < -0.39 is 5.60 Å². The molecule has 0 heterocycles. The average molecular weight is 453 g/mol. The van der Waals surface area contributed by atoms with E-state index in [1.807, 2.05) is 51.1 Å². The standard InChI is InChI=1S/C27H32O6/c1-26(2,3)15-23(29)33-27(12-13-27)16-32-24-20(9-11-22(30-4)25(24)31-5)18-6-8-19-17(14-18)7-10-21(19)28/h6,8-9,11,14H,7,10,12-13,15-16H2,1-5H3. The zero-order valence-corrected chi connectivity index (χ0v) is 20.1. The van der Waals surface area contributed by atoms with Gasteiger partial charge in [-0.25, -0.2) is 0 Å². The van der Waals surface area contributed by atoms with Crippen molar-refractivity contribution in [1.29, 1.82) is 0 Å². The van der Waals surface area contributed by atoms with Gasteiger partial charge in [0.15, 0.2) is 17.3 Å². The number of methoxy groups -OCH3 is 2. The quantitative estimate of drug-likeness (QED) is 0.500. The van der Waals surface area contributed by atoms with E-state index in [0.29, 0.717) is 30.1 Å². The highest BCUT2D eigenvalue weighted by molar-refractivity contribution is 6.01. The van der Waals surface area contributed by atoms with Crippen LogP contribution in [0.15, 0.2) is 30.3 Å². The van der Waals surface area contributed by atoms with Crippen LogP contribution in [0.4, 0.5) is 0 Å². The molecule has 0 saturated heterocycles. The zero-order valence-electron chi connectivity index (χ0n) is 20.1. The number of ether oxygens (including phenoxy) is 4. The highest BCUT2D eigenvalue weighted by atomic mass is 16.6. The summed E-state index contributed by atoms with van der Waals surface area (Å²) in [5.41, 5.74) is 2.89. The van der Waals surface area contributed by atoms with E-state index in [4.69, 9.17) is 18.9 Å².